The van der Waals surface area contributed by atoms with Gasteiger partial charge in [0, 0.05) is 0 Å². The first kappa shape index (κ1) is 17.3. The summed E-state index contributed by atoms with van der Waals surface area (Å²) in [6, 6.07) is 6.69. The molecule has 0 N–H and O–H groups in total. The van der Waals surface area contributed by atoms with Crippen molar-refractivity contribution < 1.29 is 73.8 Å². The van der Waals surface area contributed by atoms with E-state index in [-0.39, 0.29) is 58.0 Å². The van der Waals surface area contributed by atoms with Gasteiger partial charge in [-0.05, 0) is 19.1 Å². The predicted molar refractivity (Wildman–Crippen MR) is 57.0 cm³/mol. The van der Waals surface area contributed by atoms with Crippen molar-refractivity contribution in [2.45, 2.75) is 13.2 Å². The predicted octanol–water partition coefficient (Wildman–Crippen LogP) is 0.315. The normalized spacial score (nSPS) is 10.6. The van der Waals surface area contributed by atoms with E-state index in [1.54, 1.807) is 31.2 Å². The second kappa shape index (κ2) is 8.42. The van der Waals surface area contributed by atoms with Crippen LogP contribution in [0.3, 0.4) is 0 Å². The molecule has 0 spiro atoms. The standard InChI is InChI=1S/C10H13BF3O2.K/c1-2-15-9-5-3-4-6-10(9)16-8-7-11(12,13)14;/h3-6H,2,7-8H2,1H3;/q-1;+1. The second-order valence-corrected chi connectivity index (χ2v) is 3.23. The molecule has 1 aromatic rings. The Morgan fingerprint density at radius 3 is 2.06 bits per heavy atom. The van der Waals surface area contributed by atoms with Gasteiger partial charge in [-0.15, -0.1) is 0 Å². The van der Waals surface area contributed by atoms with Crippen LogP contribution in [0.25, 0.3) is 0 Å². The molecule has 0 radical (unpaired) electrons. The van der Waals surface area contributed by atoms with Gasteiger partial charge in [0.1, 0.15) is 0 Å². The zero-order chi connectivity index (χ0) is 12.0. The van der Waals surface area contributed by atoms with Crippen molar-refractivity contribution in [2.75, 3.05) is 13.2 Å². The minimum absolute atomic E-state index is 0. The summed E-state index contributed by atoms with van der Waals surface area (Å²) in [5.74, 6) is 0.823. The number of para-hydroxylation sites is 2. The Morgan fingerprint density at radius 2 is 1.59 bits per heavy atom. The summed E-state index contributed by atoms with van der Waals surface area (Å²) >= 11 is 0. The van der Waals surface area contributed by atoms with Gasteiger partial charge in [-0.3, -0.25) is 0 Å². The molecule has 0 fully saturated rings. The minimum Gasteiger partial charge on any atom is -0.493 e. The molecule has 1 aromatic carbocycles. The first-order valence-corrected chi connectivity index (χ1v) is 5.08. The Morgan fingerprint density at radius 1 is 1.06 bits per heavy atom. The van der Waals surface area contributed by atoms with E-state index in [0.29, 0.717) is 18.1 Å². The maximum Gasteiger partial charge on any atom is 1.00 e. The fourth-order valence-corrected chi connectivity index (χ4v) is 1.15. The molecule has 0 unspecified atom stereocenters. The van der Waals surface area contributed by atoms with Gasteiger partial charge in [-0.25, -0.2) is 0 Å². The molecule has 0 aliphatic carbocycles. The van der Waals surface area contributed by atoms with Crippen molar-refractivity contribution >= 4 is 6.98 Å². The third-order valence-electron chi connectivity index (χ3n) is 1.85. The Kier molecular flexibility index (Phi) is 8.57. The minimum atomic E-state index is -4.79. The molecule has 0 heterocycles. The van der Waals surface area contributed by atoms with Crippen molar-refractivity contribution in [3.05, 3.63) is 24.3 Å². The van der Waals surface area contributed by atoms with Gasteiger partial charge in [-0.1, -0.05) is 18.5 Å². The third-order valence-corrected chi connectivity index (χ3v) is 1.85. The molecule has 0 saturated heterocycles. The molecule has 0 saturated carbocycles. The summed E-state index contributed by atoms with van der Waals surface area (Å²) in [6.07, 6.45) is -0.902. The van der Waals surface area contributed by atoms with Crippen LogP contribution in [-0.2, 0) is 0 Å². The zero-order valence-electron chi connectivity index (χ0n) is 9.96. The first-order chi connectivity index (χ1) is 7.53. The van der Waals surface area contributed by atoms with Crippen molar-refractivity contribution in [1.29, 1.82) is 0 Å². The molecule has 17 heavy (non-hydrogen) atoms. The number of benzene rings is 1. The fourth-order valence-electron chi connectivity index (χ4n) is 1.15. The molecule has 7 heteroatoms. The molecule has 2 nitrogen and oxygen atoms in total. The smallest absolute Gasteiger partial charge is 0.493 e. The molecule has 0 aromatic heterocycles. The molecule has 0 aliphatic heterocycles. The van der Waals surface area contributed by atoms with Gasteiger partial charge in [0.25, 0.3) is 0 Å². The Bertz CT molecular complexity index is 334. The quantitative estimate of drug-likeness (QED) is 0.694. The summed E-state index contributed by atoms with van der Waals surface area (Å²) in [6.45, 7) is -2.91. The summed E-state index contributed by atoms with van der Waals surface area (Å²) in [7, 11) is 0. The van der Waals surface area contributed by atoms with Crippen LogP contribution in [0.4, 0.5) is 12.9 Å². The van der Waals surface area contributed by atoms with E-state index in [1.807, 2.05) is 0 Å². The van der Waals surface area contributed by atoms with Crippen LogP contribution in [0.1, 0.15) is 6.92 Å². The third kappa shape index (κ3) is 7.36. The summed E-state index contributed by atoms with van der Waals surface area (Å²) in [5.41, 5.74) is 0. The van der Waals surface area contributed by atoms with Gasteiger partial charge >= 0.3 is 58.4 Å². The van der Waals surface area contributed by atoms with Crippen LogP contribution in [0.5, 0.6) is 11.5 Å². The number of rotatable bonds is 6. The van der Waals surface area contributed by atoms with Crippen LogP contribution in [0.15, 0.2) is 24.3 Å². The van der Waals surface area contributed by atoms with E-state index in [0.717, 1.165) is 0 Å². The Hall–Kier alpha value is 0.311. The average molecular weight is 272 g/mol. The van der Waals surface area contributed by atoms with Gasteiger partial charge in [-0.2, -0.15) is 0 Å². The fraction of sp³-hybridized carbons (Fsp3) is 0.400. The van der Waals surface area contributed by atoms with Crippen LogP contribution in [-0.4, -0.2) is 20.2 Å². The number of hydrogen-bond acceptors (Lipinski definition) is 2. The Balaban J connectivity index is 0.00000256. The molecule has 90 valence electrons. The summed E-state index contributed by atoms with van der Waals surface area (Å²) in [5, 5.41) is 0. The molecule has 1 rings (SSSR count). The topological polar surface area (TPSA) is 18.5 Å². The monoisotopic (exact) mass is 272 g/mol. The van der Waals surface area contributed by atoms with E-state index in [9.17, 15) is 12.9 Å². The van der Waals surface area contributed by atoms with E-state index in [2.05, 4.69) is 0 Å². The van der Waals surface area contributed by atoms with Gasteiger partial charge in [0.2, 0.25) is 0 Å². The summed E-state index contributed by atoms with van der Waals surface area (Å²) < 4.78 is 46.1. The second-order valence-electron chi connectivity index (χ2n) is 3.23. The molecule has 0 atom stereocenters. The van der Waals surface area contributed by atoms with Crippen LogP contribution < -0.4 is 60.9 Å². The van der Waals surface area contributed by atoms with Crippen molar-refractivity contribution in [1.82, 2.24) is 0 Å². The van der Waals surface area contributed by atoms with Crippen molar-refractivity contribution in [3.8, 4) is 11.5 Å². The van der Waals surface area contributed by atoms with Gasteiger partial charge < -0.3 is 22.4 Å². The van der Waals surface area contributed by atoms with E-state index >= 15 is 0 Å². The maximum atomic E-state index is 12.0. The molecular formula is C10H13BF3KO2. The van der Waals surface area contributed by atoms with Crippen LogP contribution in [0.2, 0.25) is 6.32 Å². The van der Waals surface area contributed by atoms with E-state index in [4.69, 9.17) is 9.47 Å². The number of halogens is 3. The SMILES string of the molecule is CCOc1ccccc1OCC[B-](F)(F)F.[K+]. The van der Waals surface area contributed by atoms with Crippen molar-refractivity contribution in [3.63, 3.8) is 0 Å². The van der Waals surface area contributed by atoms with Gasteiger partial charge in [0.15, 0.2) is 11.5 Å². The van der Waals surface area contributed by atoms with E-state index < -0.39 is 13.3 Å². The number of hydrogen-bond donors (Lipinski definition) is 0. The molecule has 0 amide bonds. The average Bonchev–Trinajstić information content (AvgIpc) is 2.19. The van der Waals surface area contributed by atoms with Crippen LogP contribution >= 0.6 is 0 Å². The summed E-state index contributed by atoms with van der Waals surface area (Å²) in [4.78, 5) is 0. The van der Waals surface area contributed by atoms with E-state index in [1.165, 1.54) is 0 Å². The Labute approximate surface area is 141 Å². The molecule has 0 bridgehead atoms. The molecule has 0 aliphatic rings. The zero-order valence-corrected chi connectivity index (χ0v) is 13.1. The number of ether oxygens (including phenoxy) is 2. The largest absolute Gasteiger partial charge is 1.00 e. The maximum absolute atomic E-state index is 12.0. The van der Waals surface area contributed by atoms with Crippen molar-refractivity contribution in [2.24, 2.45) is 0 Å². The van der Waals surface area contributed by atoms with Gasteiger partial charge in [0.05, 0.1) is 13.2 Å². The van der Waals surface area contributed by atoms with Crippen LogP contribution in [0, 0.1) is 0 Å². The first-order valence-electron chi connectivity index (χ1n) is 5.08. The molecular weight excluding hydrogens is 259 g/mol.